The lowest BCUT2D eigenvalue weighted by Gasteiger charge is -2.38. The fourth-order valence-electron chi connectivity index (χ4n) is 3.32. The van der Waals surface area contributed by atoms with Crippen molar-refractivity contribution in [1.82, 2.24) is 0 Å². The summed E-state index contributed by atoms with van der Waals surface area (Å²) in [7, 11) is 0. The Morgan fingerprint density at radius 3 is 2.78 bits per heavy atom. The summed E-state index contributed by atoms with van der Waals surface area (Å²) in [6.45, 7) is 4.62. The van der Waals surface area contributed by atoms with E-state index in [1.165, 1.54) is 49.7 Å². The van der Waals surface area contributed by atoms with Gasteiger partial charge >= 0.3 is 0 Å². The molecule has 0 amide bonds. The van der Waals surface area contributed by atoms with Crippen LogP contribution in [0.1, 0.15) is 57.1 Å². The molecule has 0 bridgehead atoms. The van der Waals surface area contributed by atoms with Crippen LogP contribution in [0.2, 0.25) is 0 Å². The van der Waals surface area contributed by atoms with Gasteiger partial charge < -0.3 is 0 Å². The molecule has 1 heteroatoms. The van der Waals surface area contributed by atoms with Crippen molar-refractivity contribution in [3.8, 4) is 0 Å². The number of rotatable bonds is 5. The molecule has 1 aliphatic carbocycles. The van der Waals surface area contributed by atoms with Crippen molar-refractivity contribution in [2.24, 2.45) is 5.92 Å². The zero-order valence-corrected chi connectivity index (χ0v) is 12.5. The Balaban J connectivity index is 2.17. The number of aryl methyl sites for hydroxylation is 1. The van der Waals surface area contributed by atoms with Crippen molar-refractivity contribution in [2.75, 3.05) is 5.88 Å². The largest absolute Gasteiger partial charge is 0.126 e. The minimum atomic E-state index is 0.255. The highest BCUT2D eigenvalue weighted by Gasteiger charge is 2.34. The molecule has 1 aromatic rings. The lowest BCUT2D eigenvalue weighted by Crippen LogP contribution is -2.33. The highest BCUT2D eigenvalue weighted by molar-refractivity contribution is 6.18. The van der Waals surface area contributed by atoms with Crippen LogP contribution in [0.25, 0.3) is 0 Å². The molecular formula is C17H25Cl. The summed E-state index contributed by atoms with van der Waals surface area (Å²) in [6, 6.07) is 8.94. The minimum Gasteiger partial charge on any atom is -0.126 e. The average Bonchev–Trinajstić information content (AvgIpc) is 2.38. The number of benzene rings is 1. The fraction of sp³-hybridized carbons (Fsp3) is 0.647. The maximum absolute atomic E-state index is 6.38. The van der Waals surface area contributed by atoms with Crippen molar-refractivity contribution in [2.45, 2.75) is 57.8 Å². The zero-order valence-electron chi connectivity index (χ0n) is 11.7. The number of halogens is 1. The van der Waals surface area contributed by atoms with Crippen LogP contribution in [-0.2, 0) is 11.8 Å². The first kappa shape index (κ1) is 13.9. The molecule has 100 valence electrons. The Morgan fingerprint density at radius 1 is 1.28 bits per heavy atom. The van der Waals surface area contributed by atoms with E-state index in [1.54, 1.807) is 0 Å². The summed E-state index contributed by atoms with van der Waals surface area (Å²) in [5.41, 5.74) is 3.33. The molecule has 0 spiro atoms. The summed E-state index contributed by atoms with van der Waals surface area (Å²) < 4.78 is 0. The van der Waals surface area contributed by atoms with Crippen LogP contribution in [0.4, 0.5) is 0 Å². The van der Waals surface area contributed by atoms with Gasteiger partial charge in [-0.1, -0.05) is 51.0 Å². The Labute approximate surface area is 117 Å². The second kappa shape index (κ2) is 6.10. The number of fused-ring (bicyclic) bond motifs is 1. The molecule has 18 heavy (non-hydrogen) atoms. The SMILES string of the molecule is CC(C)CCCC1(CCl)CCCc2ccccc21. The van der Waals surface area contributed by atoms with Gasteiger partial charge in [0.25, 0.3) is 0 Å². The van der Waals surface area contributed by atoms with E-state index >= 15 is 0 Å². The van der Waals surface area contributed by atoms with Gasteiger partial charge in [0.15, 0.2) is 0 Å². The second-order valence-electron chi connectivity index (χ2n) is 6.21. The fourth-order valence-corrected chi connectivity index (χ4v) is 3.73. The molecule has 2 rings (SSSR count). The van der Waals surface area contributed by atoms with E-state index in [1.807, 2.05) is 0 Å². The van der Waals surface area contributed by atoms with E-state index in [0.717, 1.165) is 11.8 Å². The Morgan fingerprint density at radius 2 is 2.06 bits per heavy atom. The zero-order chi connectivity index (χ0) is 13.0. The van der Waals surface area contributed by atoms with E-state index in [2.05, 4.69) is 38.1 Å². The molecule has 1 unspecified atom stereocenters. The van der Waals surface area contributed by atoms with Crippen LogP contribution in [0.5, 0.6) is 0 Å². The monoisotopic (exact) mass is 264 g/mol. The van der Waals surface area contributed by atoms with Gasteiger partial charge in [0.05, 0.1) is 0 Å². The Kier molecular flexibility index (Phi) is 4.72. The van der Waals surface area contributed by atoms with Gasteiger partial charge in [-0.3, -0.25) is 0 Å². The van der Waals surface area contributed by atoms with E-state index in [-0.39, 0.29) is 5.41 Å². The first-order chi connectivity index (χ1) is 8.68. The van der Waals surface area contributed by atoms with Crippen molar-refractivity contribution < 1.29 is 0 Å². The molecular weight excluding hydrogens is 240 g/mol. The van der Waals surface area contributed by atoms with E-state index in [9.17, 15) is 0 Å². The predicted octanol–water partition coefficient (Wildman–Crippen LogP) is 5.33. The first-order valence-corrected chi connectivity index (χ1v) is 7.86. The summed E-state index contributed by atoms with van der Waals surface area (Å²) >= 11 is 6.38. The molecule has 0 saturated carbocycles. The lowest BCUT2D eigenvalue weighted by molar-refractivity contribution is 0.347. The standard InChI is InChI=1S/C17H25Cl/c1-14(2)7-5-11-17(13-18)12-6-9-15-8-3-4-10-16(15)17/h3-4,8,10,14H,5-7,9,11-13H2,1-2H3. The smallest absolute Gasteiger partial charge is 0.0320 e. The van der Waals surface area contributed by atoms with Crippen molar-refractivity contribution in [3.63, 3.8) is 0 Å². The van der Waals surface area contributed by atoms with Gasteiger partial charge in [-0.2, -0.15) is 0 Å². The van der Waals surface area contributed by atoms with E-state index < -0.39 is 0 Å². The van der Waals surface area contributed by atoms with Crippen LogP contribution >= 0.6 is 11.6 Å². The maximum Gasteiger partial charge on any atom is 0.0320 e. The van der Waals surface area contributed by atoms with Crippen molar-refractivity contribution >= 4 is 11.6 Å². The summed E-state index contributed by atoms with van der Waals surface area (Å²) in [6.07, 6.45) is 7.68. The quantitative estimate of drug-likeness (QED) is 0.631. The molecule has 0 fully saturated rings. The van der Waals surface area contributed by atoms with Crippen LogP contribution in [0, 0.1) is 5.92 Å². The normalized spacial score (nSPS) is 23.1. The Hall–Kier alpha value is -0.490. The third-order valence-electron chi connectivity index (χ3n) is 4.38. The van der Waals surface area contributed by atoms with Crippen molar-refractivity contribution in [3.05, 3.63) is 35.4 Å². The predicted molar refractivity (Wildman–Crippen MR) is 80.5 cm³/mol. The topological polar surface area (TPSA) is 0 Å². The third-order valence-corrected chi connectivity index (χ3v) is 4.89. The molecule has 0 radical (unpaired) electrons. The molecule has 0 nitrogen and oxygen atoms in total. The molecule has 0 heterocycles. The van der Waals surface area contributed by atoms with Crippen LogP contribution in [0.3, 0.4) is 0 Å². The molecule has 0 saturated heterocycles. The maximum atomic E-state index is 6.38. The minimum absolute atomic E-state index is 0.255. The van der Waals surface area contributed by atoms with E-state index in [4.69, 9.17) is 11.6 Å². The van der Waals surface area contributed by atoms with Gasteiger partial charge in [-0.15, -0.1) is 11.6 Å². The summed E-state index contributed by atoms with van der Waals surface area (Å²) in [5.74, 6) is 1.58. The summed E-state index contributed by atoms with van der Waals surface area (Å²) in [5, 5.41) is 0. The highest BCUT2D eigenvalue weighted by atomic mass is 35.5. The van der Waals surface area contributed by atoms with Crippen molar-refractivity contribution in [1.29, 1.82) is 0 Å². The molecule has 0 N–H and O–H groups in total. The van der Waals surface area contributed by atoms with E-state index in [0.29, 0.717) is 0 Å². The van der Waals surface area contributed by atoms with Gasteiger partial charge in [0.2, 0.25) is 0 Å². The van der Waals surface area contributed by atoms with Gasteiger partial charge in [-0.25, -0.2) is 0 Å². The molecule has 0 aromatic heterocycles. The van der Waals surface area contributed by atoms with Gasteiger partial charge in [0.1, 0.15) is 0 Å². The van der Waals surface area contributed by atoms with Gasteiger partial charge in [-0.05, 0) is 42.7 Å². The molecule has 0 aliphatic heterocycles. The number of hydrogen-bond acceptors (Lipinski definition) is 0. The highest BCUT2D eigenvalue weighted by Crippen LogP contribution is 2.42. The molecule has 1 atom stereocenters. The molecule has 1 aromatic carbocycles. The van der Waals surface area contributed by atoms with Gasteiger partial charge in [0, 0.05) is 11.3 Å². The third kappa shape index (κ3) is 2.91. The first-order valence-electron chi connectivity index (χ1n) is 7.32. The van der Waals surface area contributed by atoms with Crippen LogP contribution in [-0.4, -0.2) is 5.88 Å². The van der Waals surface area contributed by atoms with Crippen LogP contribution < -0.4 is 0 Å². The number of alkyl halides is 1. The molecule has 1 aliphatic rings. The number of hydrogen-bond donors (Lipinski definition) is 0. The Bertz CT molecular complexity index is 383. The lowest BCUT2D eigenvalue weighted by atomic mass is 9.68. The van der Waals surface area contributed by atoms with Crippen LogP contribution in [0.15, 0.2) is 24.3 Å². The summed E-state index contributed by atoms with van der Waals surface area (Å²) in [4.78, 5) is 0. The second-order valence-corrected chi connectivity index (χ2v) is 6.48. The average molecular weight is 265 g/mol.